The molecule has 98 valence electrons. The summed E-state index contributed by atoms with van der Waals surface area (Å²) < 4.78 is 10.9. The predicted molar refractivity (Wildman–Crippen MR) is 66.4 cm³/mol. The van der Waals surface area contributed by atoms with Crippen molar-refractivity contribution in [3.05, 3.63) is 22.8 Å². The number of carboxylic acid groups (broad SMARTS) is 1. The summed E-state index contributed by atoms with van der Waals surface area (Å²) >= 11 is 0. The molecule has 1 atom stereocenters. The van der Waals surface area contributed by atoms with E-state index in [4.69, 9.17) is 15.2 Å². The molecule has 5 heteroatoms. The molecule has 0 aliphatic carbocycles. The minimum Gasteiger partial charge on any atom is -0.496 e. The van der Waals surface area contributed by atoms with Crippen LogP contribution in [0.25, 0.3) is 0 Å². The minimum atomic E-state index is -0.935. The molecule has 0 bridgehead atoms. The van der Waals surface area contributed by atoms with Crippen molar-refractivity contribution in [2.75, 3.05) is 20.3 Å². The van der Waals surface area contributed by atoms with Gasteiger partial charge in [-0.05, 0) is 18.6 Å². The quantitative estimate of drug-likeness (QED) is 0.836. The van der Waals surface area contributed by atoms with Crippen molar-refractivity contribution in [2.24, 2.45) is 5.73 Å². The van der Waals surface area contributed by atoms with Crippen molar-refractivity contribution < 1.29 is 19.4 Å². The van der Waals surface area contributed by atoms with E-state index in [1.165, 1.54) is 0 Å². The number of hydrogen-bond donors (Lipinski definition) is 2. The Morgan fingerprint density at radius 2 is 2.39 bits per heavy atom. The number of rotatable bonds is 4. The van der Waals surface area contributed by atoms with Crippen LogP contribution in [0.3, 0.4) is 0 Å². The van der Waals surface area contributed by atoms with Crippen LogP contribution < -0.4 is 15.2 Å². The lowest BCUT2D eigenvalue weighted by molar-refractivity contribution is -0.138. The van der Waals surface area contributed by atoms with Gasteiger partial charge in [-0.2, -0.15) is 0 Å². The van der Waals surface area contributed by atoms with E-state index < -0.39 is 11.9 Å². The van der Waals surface area contributed by atoms with E-state index in [-0.39, 0.29) is 6.54 Å². The molecule has 0 fully saturated rings. The summed E-state index contributed by atoms with van der Waals surface area (Å²) in [6.07, 6.45) is 0.699. The van der Waals surface area contributed by atoms with Crippen LogP contribution in [0, 0.1) is 6.92 Å². The first-order chi connectivity index (χ1) is 8.60. The topological polar surface area (TPSA) is 81.8 Å². The second kappa shape index (κ2) is 4.86. The zero-order valence-electron chi connectivity index (χ0n) is 10.5. The molecule has 1 aromatic rings. The number of fused-ring (bicyclic) bond motifs is 1. The van der Waals surface area contributed by atoms with Crippen molar-refractivity contribution in [3.63, 3.8) is 0 Å². The smallest absolute Gasteiger partial charge is 0.312 e. The Balaban J connectivity index is 2.66. The molecular weight excluding hydrogens is 234 g/mol. The second-order valence-corrected chi connectivity index (χ2v) is 4.34. The van der Waals surface area contributed by atoms with Gasteiger partial charge in [-0.25, -0.2) is 0 Å². The third kappa shape index (κ3) is 1.90. The highest BCUT2D eigenvalue weighted by Gasteiger charge is 2.30. The first-order valence-corrected chi connectivity index (χ1v) is 5.86. The summed E-state index contributed by atoms with van der Waals surface area (Å²) in [6, 6.07) is 1.89. The number of carbonyl (C=O) groups is 1. The molecule has 0 amide bonds. The van der Waals surface area contributed by atoms with Gasteiger partial charge in [0.2, 0.25) is 0 Å². The van der Waals surface area contributed by atoms with Crippen molar-refractivity contribution >= 4 is 5.97 Å². The monoisotopic (exact) mass is 251 g/mol. The van der Waals surface area contributed by atoms with Crippen LogP contribution in [-0.2, 0) is 11.2 Å². The first kappa shape index (κ1) is 12.7. The number of hydrogen-bond acceptors (Lipinski definition) is 4. The fourth-order valence-corrected chi connectivity index (χ4v) is 2.46. The highest BCUT2D eigenvalue weighted by Crippen LogP contribution is 2.41. The summed E-state index contributed by atoms with van der Waals surface area (Å²) in [5.41, 5.74) is 8.04. The Morgan fingerprint density at radius 1 is 1.67 bits per heavy atom. The molecule has 5 nitrogen and oxygen atoms in total. The van der Waals surface area contributed by atoms with Gasteiger partial charge in [-0.1, -0.05) is 0 Å². The van der Waals surface area contributed by atoms with Crippen LogP contribution in [0.5, 0.6) is 11.5 Å². The lowest BCUT2D eigenvalue weighted by Gasteiger charge is -2.19. The lowest BCUT2D eigenvalue weighted by Crippen LogP contribution is -2.23. The molecule has 2 rings (SSSR count). The molecule has 0 radical (unpaired) electrons. The number of carboxylic acids is 1. The summed E-state index contributed by atoms with van der Waals surface area (Å²) in [7, 11) is 1.55. The Bertz CT molecular complexity index is 481. The normalized spacial score (nSPS) is 14.8. The number of aliphatic carboxylic acids is 1. The Morgan fingerprint density at radius 3 is 2.94 bits per heavy atom. The van der Waals surface area contributed by atoms with Gasteiger partial charge >= 0.3 is 5.97 Å². The molecule has 0 aromatic heterocycles. The van der Waals surface area contributed by atoms with Crippen LogP contribution >= 0.6 is 0 Å². The molecule has 1 unspecified atom stereocenters. The van der Waals surface area contributed by atoms with Gasteiger partial charge in [0.25, 0.3) is 0 Å². The maximum Gasteiger partial charge on any atom is 0.312 e. The molecule has 1 heterocycles. The molecule has 0 saturated heterocycles. The van der Waals surface area contributed by atoms with E-state index in [0.29, 0.717) is 24.3 Å². The first-order valence-electron chi connectivity index (χ1n) is 5.86. The van der Waals surface area contributed by atoms with E-state index >= 15 is 0 Å². The molecule has 18 heavy (non-hydrogen) atoms. The molecule has 1 aromatic carbocycles. The van der Waals surface area contributed by atoms with Crippen LogP contribution in [0.15, 0.2) is 6.07 Å². The van der Waals surface area contributed by atoms with Crippen LogP contribution in [0.4, 0.5) is 0 Å². The SMILES string of the molecule is COc1c(C)cc2c(c1C(CN)C(=O)O)CCO2. The Kier molecular flexibility index (Phi) is 3.43. The fourth-order valence-electron chi connectivity index (χ4n) is 2.46. The molecule has 1 aliphatic rings. The summed E-state index contributed by atoms with van der Waals surface area (Å²) in [5.74, 6) is -0.328. The van der Waals surface area contributed by atoms with Gasteiger partial charge in [0.05, 0.1) is 19.6 Å². The standard InChI is InChI=1S/C13H17NO4/c1-7-5-10-8(3-4-18-10)11(12(7)17-2)9(6-14)13(15)16/h5,9H,3-4,6,14H2,1-2H3,(H,15,16). The molecule has 0 saturated carbocycles. The zero-order chi connectivity index (χ0) is 13.3. The minimum absolute atomic E-state index is 0.0432. The van der Waals surface area contributed by atoms with Gasteiger partial charge in [0.15, 0.2) is 0 Å². The summed E-state index contributed by atoms with van der Waals surface area (Å²) in [4.78, 5) is 11.3. The van der Waals surface area contributed by atoms with Crippen molar-refractivity contribution in [3.8, 4) is 11.5 Å². The maximum atomic E-state index is 11.3. The number of methoxy groups -OCH3 is 1. The van der Waals surface area contributed by atoms with Gasteiger partial charge in [-0.3, -0.25) is 4.79 Å². The van der Waals surface area contributed by atoms with Crippen molar-refractivity contribution in [1.29, 1.82) is 0 Å². The van der Waals surface area contributed by atoms with E-state index in [1.54, 1.807) is 7.11 Å². The average molecular weight is 251 g/mol. The third-order valence-corrected chi connectivity index (χ3v) is 3.27. The van der Waals surface area contributed by atoms with E-state index in [0.717, 1.165) is 16.9 Å². The molecular formula is C13H17NO4. The summed E-state index contributed by atoms with van der Waals surface area (Å²) in [6.45, 7) is 2.49. The average Bonchev–Trinajstić information content (AvgIpc) is 2.76. The highest BCUT2D eigenvalue weighted by atomic mass is 16.5. The number of benzene rings is 1. The third-order valence-electron chi connectivity index (χ3n) is 3.27. The fraction of sp³-hybridized carbons (Fsp3) is 0.462. The maximum absolute atomic E-state index is 11.3. The predicted octanol–water partition coefficient (Wildman–Crippen LogP) is 1.07. The largest absolute Gasteiger partial charge is 0.496 e. The highest BCUT2D eigenvalue weighted by molar-refractivity contribution is 5.79. The molecule has 0 spiro atoms. The Labute approximate surface area is 106 Å². The second-order valence-electron chi connectivity index (χ2n) is 4.34. The van der Waals surface area contributed by atoms with Crippen LogP contribution in [0.1, 0.15) is 22.6 Å². The molecule has 3 N–H and O–H groups in total. The van der Waals surface area contributed by atoms with E-state index in [1.807, 2.05) is 13.0 Å². The molecule has 1 aliphatic heterocycles. The van der Waals surface area contributed by atoms with Gasteiger partial charge in [0.1, 0.15) is 11.5 Å². The number of aryl methyl sites for hydroxylation is 1. The van der Waals surface area contributed by atoms with Gasteiger partial charge in [0, 0.05) is 24.1 Å². The summed E-state index contributed by atoms with van der Waals surface area (Å²) in [5, 5.41) is 9.29. The number of nitrogens with two attached hydrogens (primary N) is 1. The van der Waals surface area contributed by atoms with Gasteiger partial charge < -0.3 is 20.3 Å². The van der Waals surface area contributed by atoms with Crippen molar-refractivity contribution in [2.45, 2.75) is 19.3 Å². The van der Waals surface area contributed by atoms with Gasteiger partial charge in [-0.15, -0.1) is 0 Å². The lowest BCUT2D eigenvalue weighted by atomic mass is 9.90. The van der Waals surface area contributed by atoms with E-state index in [2.05, 4.69) is 0 Å². The Hall–Kier alpha value is -1.75. The van der Waals surface area contributed by atoms with Crippen LogP contribution in [-0.4, -0.2) is 31.3 Å². The van der Waals surface area contributed by atoms with E-state index in [9.17, 15) is 9.90 Å². The van der Waals surface area contributed by atoms with Crippen LogP contribution in [0.2, 0.25) is 0 Å². The zero-order valence-corrected chi connectivity index (χ0v) is 10.5. The number of ether oxygens (including phenoxy) is 2. The van der Waals surface area contributed by atoms with Crippen molar-refractivity contribution in [1.82, 2.24) is 0 Å².